The highest BCUT2D eigenvalue weighted by atomic mass is 32.1. The number of benzene rings is 2. The first-order valence-electron chi connectivity index (χ1n) is 9.73. The third-order valence-electron chi connectivity index (χ3n) is 4.22. The van der Waals surface area contributed by atoms with Crippen molar-refractivity contribution in [3.63, 3.8) is 0 Å². The number of ether oxygens (including phenoxy) is 1. The highest BCUT2D eigenvalue weighted by Gasteiger charge is 2.29. The standard InChI is InChI=1S/C23H20F3N3O3S/c1-15-8-10-19(20(12-15)32-14-23(24,25)26)28-21(31)11-9-17-13-33-22(27-17)29(16(2)30)18-6-4-3-5-7-18/h3-13H,14H2,1-2H3,(H,28,31)/b11-9+. The number of carbonyl (C=O) groups is 2. The van der Waals surface area contributed by atoms with Gasteiger partial charge in [-0.1, -0.05) is 24.3 Å². The van der Waals surface area contributed by atoms with Crippen molar-refractivity contribution in [1.29, 1.82) is 0 Å². The number of anilines is 3. The molecule has 0 spiro atoms. The molecule has 3 aromatic rings. The van der Waals surface area contributed by atoms with Gasteiger partial charge in [-0.25, -0.2) is 4.98 Å². The number of alkyl halides is 3. The van der Waals surface area contributed by atoms with Crippen LogP contribution in [0.4, 0.5) is 29.7 Å². The Morgan fingerprint density at radius 3 is 2.58 bits per heavy atom. The van der Waals surface area contributed by atoms with Gasteiger partial charge in [-0.2, -0.15) is 13.2 Å². The van der Waals surface area contributed by atoms with E-state index in [2.05, 4.69) is 10.3 Å². The molecule has 0 fully saturated rings. The van der Waals surface area contributed by atoms with Crippen LogP contribution in [0.3, 0.4) is 0 Å². The molecule has 0 atom stereocenters. The lowest BCUT2D eigenvalue weighted by Crippen LogP contribution is -2.22. The topological polar surface area (TPSA) is 71.5 Å². The molecule has 6 nitrogen and oxygen atoms in total. The van der Waals surface area contributed by atoms with Gasteiger partial charge in [0.1, 0.15) is 5.75 Å². The zero-order valence-corrected chi connectivity index (χ0v) is 18.5. The van der Waals surface area contributed by atoms with Crippen molar-refractivity contribution in [3.05, 3.63) is 71.2 Å². The second-order valence-electron chi connectivity index (χ2n) is 6.97. The molecule has 0 radical (unpaired) electrons. The second-order valence-corrected chi connectivity index (χ2v) is 7.81. The molecule has 10 heteroatoms. The van der Waals surface area contributed by atoms with Gasteiger partial charge >= 0.3 is 6.18 Å². The first kappa shape index (κ1) is 24.0. The first-order chi connectivity index (χ1) is 15.6. The monoisotopic (exact) mass is 475 g/mol. The van der Waals surface area contributed by atoms with Crippen molar-refractivity contribution >= 4 is 45.7 Å². The van der Waals surface area contributed by atoms with Crippen molar-refractivity contribution in [1.82, 2.24) is 4.98 Å². The number of nitrogens with zero attached hydrogens (tertiary/aromatic N) is 2. The highest BCUT2D eigenvalue weighted by Crippen LogP contribution is 2.30. The van der Waals surface area contributed by atoms with Crippen molar-refractivity contribution in [2.24, 2.45) is 0 Å². The predicted molar refractivity (Wildman–Crippen MR) is 122 cm³/mol. The SMILES string of the molecule is CC(=O)N(c1ccccc1)c1nc(/C=C/C(=O)Nc2ccc(C)cc2OCC(F)(F)F)cs1. The van der Waals surface area contributed by atoms with Crippen LogP contribution in [0.5, 0.6) is 5.75 Å². The third-order valence-corrected chi connectivity index (χ3v) is 5.07. The number of rotatable bonds is 7. The predicted octanol–water partition coefficient (Wildman–Crippen LogP) is 5.73. The summed E-state index contributed by atoms with van der Waals surface area (Å²) in [7, 11) is 0. The fourth-order valence-corrected chi connectivity index (χ4v) is 3.66. The molecular formula is C23H20F3N3O3S. The molecule has 2 aromatic carbocycles. The lowest BCUT2D eigenvalue weighted by molar-refractivity contribution is -0.153. The minimum Gasteiger partial charge on any atom is -0.482 e. The maximum Gasteiger partial charge on any atom is 0.422 e. The van der Waals surface area contributed by atoms with Gasteiger partial charge in [0.2, 0.25) is 11.8 Å². The summed E-state index contributed by atoms with van der Waals surface area (Å²) < 4.78 is 42.4. The van der Waals surface area contributed by atoms with Crippen LogP contribution < -0.4 is 15.0 Å². The molecule has 2 amide bonds. The Bertz CT molecular complexity index is 1160. The van der Waals surface area contributed by atoms with Crippen LogP contribution >= 0.6 is 11.3 Å². The Kier molecular flexibility index (Phi) is 7.49. The van der Waals surface area contributed by atoms with Gasteiger partial charge in [-0.3, -0.25) is 14.5 Å². The van der Waals surface area contributed by atoms with E-state index in [0.717, 1.165) is 0 Å². The van der Waals surface area contributed by atoms with Crippen LogP contribution in [-0.4, -0.2) is 29.6 Å². The van der Waals surface area contributed by atoms with E-state index in [1.807, 2.05) is 18.2 Å². The van der Waals surface area contributed by atoms with Crippen molar-refractivity contribution in [2.45, 2.75) is 20.0 Å². The van der Waals surface area contributed by atoms with Crippen LogP contribution in [0.25, 0.3) is 6.08 Å². The van der Waals surface area contributed by atoms with E-state index in [9.17, 15) is 22.8 Å². The molecule has 3 rings (SSSR count). The van der Waals surface area contributed by atoms with Crippen LogP contribution in [0.2, 0.25) is 0 Å². The largest absolute Gasteiger partial charge is 0.482 e. The average Bonchev–Trinajstić information content (AvgIpc) is 3.21. The summed E-state index contributed by atoms with van der Waals surface area (Å²) in [5.41, 5.74) is 1.91. The fourth-order valence-electron chi connectivity index (χ4n) is 2.81. The summed E-state index contributed by atoms with van der Waals surface area (Å²) in [5.74, 6) is -0.865. The lowest BCUT2D eigenvalue weighted by atomic mass is 10.2. The van der Waals surface area contributed by atoms with Crippen LogP contribution in [-0.2, 0) is 9.59 Å². The van der Waals surface area contributed by atoms with E-state index in [0.29, 0.717) is 22.1 Å². The zero-order valence-electron chi connectivity index (χ0n) is 17.7. The van der Waals surface area contributed by atoms with Gasteiger partial charge in [0, 0.05) is 18.4 Å². The average molecular weight is 475 g/mol. The van der Waals surface area contributed by atoms with Gasteiger partial charge in [0.05, 0.1) is 17.1 Å². The Morgan fingerprint density at radius 1 is 1.18 bits per heavy atom. The third kappa shape index (κ3) is 6.91. The first-order valence-corrected chi connectivity index (χ1v) is 10.6. The summed E-state index contributed by atoms with van der Waals surface area (Å²) in [6, 6.07) is 13.5. The second kappa shape index (κ2) is 10.3. The smallest absolute Gasteiger partial charge is 0.422 e. The summed E-state index contributed by atoms with van der Waals surface area (Å²) >= 11 is 1.23. The van der Waals surface area contributed by atoms with Crippen LogP contribution in [0, 0.1) is 6.92 Å². The summed E-state index contributed by atoms with van der Waals surface area (Å²) in [4.78, 5) is 30.3. The number of carbonyl (C=O) groups excluding carboxylic acids is 2. The maximum absolute atomic E-state index is 12.5. The molecule has 0 aliphatic carbocycles. The van der Waals surface area contributed by atoms with E-state index >= 15 is 0 Å². The van der Waals surface area contributed by atoms with Crippen molar-refractivity contribution < 1.29 is 27.5 Å². The molecule has 0 bridgehead atoms. The quantitative estimate of drug-likeness (QED) is 0.443. The van der Waals surface area contributed by atoms with Crippen LogP contribution in [0.15, 0.2) is 60.0 Å². The molecule has 0 saturated heterocycles. The van der Waals surface area contributed by atoms with E-state index in [-0.39, 0.29) is 17.3 Å². The Labute approximate surface area is 192 Å². The van der Waals surface area contributed by atoms with E-state index in [1.54, 1.807) is 30.5 Å². The number of halogens is 3. The van der Waals surface area contributed by atoms with E-state index in [1.165, 1.54) is 47.4 Å². The number of nitrogens with one attached hydrogen (secondary N) is 1. The van der Waals surface area contributed by atoms with Crippen molar-refractivity contribution in [2.75, 3.05) is 16.8 Å². The van der Waals surface area contributed by atoms with Gasteiger partial charge in [-0.15, -0.1) is 11.3 Å². The van der Waals surface area contributed by atoms with E-state index in [4.69, 9.17) is 4.74 Å². The number of aryl methyl sites for hydroxylation is 1. The normalized spacial score (nSPS) is 11.4. The zero-order chi connectivity index (χ0) is 24.0. The summed E-state index contributed by atoms with van der Waals surface area (Å²) in [6.45, 7) is 1.66. The molecule has 0 aliphatic rings. The van der Waals surface area contributed by atoms with Crippen LogP contribution in [0.1, 0.15) is 18.2 Å². The molecule has 1 N–H and O–H groups in total. The van der Waals surface area contributed by atoms with E-state index < -0.39 is 18.7 Å². The van der Waals surface area contributed by atoms with Gasteiger partial charge in [-0.05, 0) is 42.8 Å². The molecule has 1 heterocycles. The van der Waals surface area contributed by atoms with Gasteiger partial charge in [0.15, 0.2) is 11.7 Å². The highest BCUT2D eigenvalue weighted by molar-refractivity contribution is 7.14. The molecule has 0 unspecified atom stereocenters. The number of hydrogen-bond acceptors (Lipinski definition) is 5. The molecule has 1 aromatic heterocycles. The van der Waals surface area contributed by atoms with Gasteiger partial charge < -0.3 is 10.1 Å². The number of thiazole rings is 1. The molecule has 33 heavy (non-hydrogen) atoms. The Hall–Kier alpha value is -3.66. The summed E-state index contributed by atoms with van der Waals surface area (Å²) in [5, 5.41) is 4.63. The lowest BCUT2D eigenvalue weighted by Gasteiger charge is -2.17. The van der Waals surface area contributed by atoms with Gasteiger partial charge in [0.25, 0.3) is 0 Å². The Morgan fingerprint density at radius 2 is 1.91 bits per heavy atom. The minimum atomic E-state index is -4.50. The molecule has 0 aliphatic heterocycles. The molecular weight excluding hydrogens is 455 g/mol. The number of aromatic nitrogens is 1. The summed E-state index contributed by atoms with van der Waals surface area (Å²) in [6.07, 6.45) is -1.85. The molecule has 0 saturated carbocycles. The molecule has 172 valence electrons. The number of para-hydroxylation sites is 1. The Balaban J connectivity index is 1.71. The fraction of sp³-hybridized carbons (Fsp3) is 0.174. The van der Waals surface area contributed by atoms with Crippen molar-refractivity contribution in [3.8, 4) is 5.75 Å². The number of amides is 2. The minimum absolute atomic E-state index is 0.0787. The maximum atomic E-state index is 12.5. The number of hydrogen-bond donors (Lipinski definition) is 1.